The van der Waals surface area contributed by atoms with E-state index >= 15 is 0 Å². The Balaban J connectivity index is 3.30. The maximum atomic E-state index is 10.7. The second-order valence-corrected chi connectivity index (χ2v) is 2.20. The van der Waals surface area contributed by atoms with Crippen LogP contribution in [0.1, 0.15) is 33.1 Å². The first-order valence-electron chi connectivity index (χ1n) is 4.00. The van der Waals surface area contributed by atoms with Gasteiger partial charge in [0.05, 0.1) is 0 Å². The van der Waals surface area contributed by atoms with Gasteiger partial charge in [-0.25, -0.2) is 4.79 Å². The summed E-state index contributed by atoms with van der Waals surface area (Å²) in [5, 5.41) is 0. The summed E-state index contributed by atoms with van der Waals surface area (Å²) in [5.41, 5.74) is 0. The maximum Gasteiger partial charge on any atom is 0.330 e. The molecular weight excluding hydrogens is 140 g/mol. The molecular formula is C9H15O2. The van der Waals surface area contributed by atoms with Gasteiger partial charge in [0.25, 0.3) is 0 Å². The molecule has 0 heterocycles. The highest BCUT2D eigenvalue weighted by Gasteiger charge is 1.94. The number of unbranched alkanes of at least 4 members (excludes halogenated alkanes) is 1. The second-order valence-electron chi connectivity index (χ2n) is 2.20. The summed E-state index contributed by atoms with van der Waals surface area (Å²) in [7, 11) is 0. The van der Waals surface area contributed by atoms with Crippen LogP contribution in [0.4, 0.5) is 0 Å². The summed E-state index contributed by atoms with van der Waals surface area (Å²) in [6.07, 6.45) is 5.92. The molecule has 0 rings (SSSR count). The fourth-order valence-electron chi connectivity index (χ4n) is 0.512. The normalized spacial score (nSPS) is 10.4. The van der Waals surface area contributed by atoms with Crippen LogP contribution >= 0.6 is 0 Å². The predicted octanol–water partition coefficient (Wildman–Crippen LogP) is 2.46. The molecule has 0 amide bonds. The zero-order chi connectivity index (χ0) is 8.53. The van der Waals surface area contributed by atoms with Gasteiger partial charge >= 0.3 is 5.97 Å². The molecule has 0 spiro atoms. The Morgan fingerprint density at radius 2 is 2.18 bits per heavy atom. The number of allylic oxidation sites excluding steroid dienone is 1. The van der Waals surface area contributed by atoms with E-state index in [1.54, 1.807) is 12.7 Å². The Labute approximate surface area is 68.2 Å². The summed E-state index contributed by atoms with van der Waals surface area (Å²) < 4.78 is 4.73. The third-order valence-electron chi connectivity index (χ3n) is 1.10. The topological polar surface area (TPSA) is 26.3 Å². The quantitative estimate of drug-likeness (QED) is 0.346. The van der Waals surface area contributed by atoms with Gasteiger partial charge in [0.1, 0.15) is 6.61 Å². The van der Waals surface area contributed by atoms with Crippen molar-refractivity contribution in [2.24, 2.45) is 0 Å². The number of rotatable bonds is 5. The van der Waals surface area contributed by atoms with Crippen LogP contribution in [0, 0.1) is 6.61 Å². The molecule has 0 saturated carbocycles. The van der Waals surface area contributed by atoms with Crippen LogP contribution in [-0.4, -0.2) is 5.97 Å². The highest BCUT2D eigenvalue weighted by atomic mass is 16.5. The van der Waals surface area contributed by atoms with Gasteiger partial charge in [-0.2, -0.15) is 0 Å². The van der Waals surface area contributed by atoms with E-state index in [4.69, 9.17) is 4.74 Å². The number of carbonyl (C=O) groups excluding carboxylic acids is 1. The van der Waals surface area contributed by atoms with Crippen molar-refractivity contribution in [1.29, 1.82) is 0 Å². The number of esters is 1. The Morgan fingerprint density at radius 1 is 1.45 bits per heavy atom. The first-order chi connectivity index (χ1) is 5.31. The first kappa shape index (κ1) is 10.2. The molecule has 1 radical (unpaired) electrons. The van der Waals surface area contributed by atoms with E-state index in [9.17, 15) is 4.79 Å². The molecule has 63 valence electrons. The minimum absolute atomic E-state index is 0.277. The van der Waals surface area contributed by atoms with Crippen molar-refractivity contribution in [3.8, 4) is 0 Å². The Morgan fingerprint density at radius 3 is 2.73 bits per heavy atom. The molecule has 0 unspecified atom stereocenters. The van der Waals surface area contributed by atoms with Gasteiger partial charge in [0, 0.05) is 6.08 Å². The van der Waals surface area contributed by atoms with Gasteiger partial charge in [0.15, 0.2) is 0 Å². The zero-order valence-electron chi connectivity index (χ0n) is 7.17. The first-order valence-corrected chi connectivity index (χ1v) is 4.00. The summed E-state index contributed by atoms with van der Waals surface area (Å²) in [6, 6.07) is 0. The lowest BCUT2D eigenvalue weighted by atomic mass is 10.4. The molecule has 0 fully saturated rings. The molecule has 0 aliphatic rings. The van der Waals surface area contributed by atoms with Crippen LogP contribution in [-0.2, 0) is 9.53 Å². The smallest absolute Gasteiger partial charge is 0.330 e. The van der Waals surface area contributed by atoms with Crippen LogP contribution < -0.4 is 0 Å². The standard InChI is InChI=1S/C9H15O2/c1-3-5-7-9(10)11-8-6-4-2/h5,7-8H,3-4,6H2,1-2H3/b7-5+. The van der Waals surface area contributed by atoms with Gasteiger partial charge in [-0.3, -0.25) is 0 Å². The van der Waals surface area contributed by atoms with Crippen molar-refractivity contribution < 1.29 is 9.53 Å². The molecule has 2 heteroatoms. The summed E-state index contributed by atoms with van der Waals surface area (Å²) in [4.78, 5) is 10.7. The molecule has 0 saturated heterocycles. The molecule has 0 aromatic heterocycles. The third-order valence-corrected chi connectivity index (χ3v) is 1.10. The Kier molecular flexibility index (Phi) is 6.79. The minimum Gasteiger partial charge on any atom is -0.455 e. The van der Waals surface area contributed by atoms with Crippen LogP contribution in [0.2, 0.25) is 0 Å². The van der Waals surface area contributed by atoms with E-state index in [-0.39, 0.29) is 5.97 Å². The minimum atomic E-state index is -0.277. The van der Waals surface area contributed by atoms with Crippen molar-refractivity contribution in [1.82, 2.24) is 0 Å². The van der Waals surface area contributed by atoms with Crippen molar-refractivity contribution in [2.45, 2.75) is 33.1 Å². The van der Waals surface area contributed by atoms with Gasteiger partial charge in [-0.05, 0) is 12.8 Å². The van der Waals surface area contributed by atoms with Gasteiger partial charge in [-0.1, -0.05) is 26.3 Å². The molecule has 0 bridgehead atoms. The molecule has 0 aromatic rings. The third kappa shape index (κ3) is 7.10. The predicted molar refractivity (Wildman–Crippen MR) is 44.7 cm³/mol. The van der Waals surface area contributed by atoms with Crippen molar-refractivity contribution in [3.05, 3.63) is 18.8 Å². The molecule has 0 N–H and O–H groups in total. The van der Waals surface area contributed by atoms with Gasteiger partial charge in [-0.15, -0.1) is 0 Å². The SMILES string of the molecule is CC/C=C/C(=O)O[CH]CCC. The van der Waals surface area contributed by atoms with Crippen molar-refractivity contribution in [3.63, 3.8) is 0 Å². The molecule has 0 aliphatic heterocycles. The molecule has 0 aromatic carbocycles. The van der Waals surface area contributed by atoms with E-state index < -0.39 is 0 Å². The van der Waals surface area contributed by atoms with Gasteiger partial charge < -0.3 is 4.74 Å². The molecule has 2 nitrogen and oxygen atoms in total. The van der Waals surface area contributed by atoms with Crippen molar-refractivity contribution in [2.75, 3.05) is 0 Å². The fraction of sp³-hybridized carbons (Fsp3) is 0.556. The van der Waals surface area contributed by atoms with Gasteiger partial charge in [0.2, 0.25) is 0 Å². The number of hydrogen-bond acceptors (Lipinski definition) is 2. The molecule has 0 atom stereocenters. The second kappa shape index (κ2) is 7.32. The van der Waals surface area contributed by atoms with Crippen LogP contribution in [0.25, 0.3) is 0 Å². The average molecular weight is 155 g/mol. The molecule has 11 heavy (non-hydrogen) atoms. The van der Waals surface area contributed by atoms with Crippen LogP contribution in [0.5, 0.6) is 0 Å². The number of hydrogen-bond donors (Lipinski definition) is 0. The van der Waals surface area contributed by atoms with E-state index in [1.807, 2.05) is 13.8 Å². The highest BCUT2D eigenvalue weighted by Crippen LogP contribution is 1.95. The molecule has 0 aliphatic carbocycles. The Hall–Kier alpha value is -0.790. The van der Waals surface area contributed by atoms with E-state index in [2.05, 4.69) is 0 Å². The van der Waals surface area contributed by atoms with Crippen molar-refractivity contribution >= 4 is 5.97 Å². The highest BCUT2D eigenvalue weighted by molar-refractivity contribution is 5.82. The number of ether oxygens (including phenoxy) is 1. The lowest BCUT2D eigenvalue weighted by Crippen LogP contribution is -1.96. The largest absolute Gasteiger partial charge is 0.455 e. The maximum absolute atomic E-state index is 10.7. The van der Waals surface area contributed by atoms with E-state index in [1.165, 1.54) is 6.08 Å². The number of carbonyl (C=O) groups is 1. The average Bonchev–Trinajstić information content (AvgIpc) is 2.01. The van der Waals surface area contributed by atoms with E-state index in [0.29, 0.717) is 0 Å². The van der Waals surface area contributed by atoms with Crippen LogP contribution in [0.15, 0.2) is 12.2 Å². The lowest BCUT2D eigenvalue weighted by Gasteiger charge is -1.96. The summed E-state index contributed by atoms with van der Waals surface area (Å²) in [5.74, 6) is -0.277. The van der Waals surface area contributed by atoms with Crippen LogP contribution in [0.3, 0.4) is 0 Å². The lowest BCUT2D eigenvalue weighted by molar-refractivity contribution is -0.134. The fourth-order valence-corrected chi connectivity index (χ4v) is 0.512. The summed E-state index contributed by atoms with van der Waals surface area (Å²) >= 11 is 0. The van der Waals surface area contributed by atoms with E-state index in [0.717, 1.165) is 19.3 Å². The zero-order valence-corrected chi connectivity index (χ0v) is 7.17. The monoisotopic (exact) mass is 155 g/mol. The Bertz CT molecular complexity index is 128. The summed E-state index contributed by atoms with van der Waals surface area (Å²) in [6.45, 7) is 5.55.